The predicted molar refractivity (Wildman–Crippen MR) is 94.4 cm³/mol. The number of carbonyl (C=O) groups is 3. The molecule has 0 N–H and O–H groups in total. The quantitative estimate of drug-likeness (QED) is 0.587. The number of hydrogen-bond acceptors (Lipinski definition) is 4. The molecule has 1 aliphatic heterocycles. The van der Waals surface area contributed by atoms with Gasteiger partial charge in [0.1, 0.15) is 0 Å². The van der Waals surface area contributed by atoms with E-state index in [1.165, 1.54) is 0 Å². The van der Waals surface area contributed by atoms with Gasteiger partial charge in [-0.15, -0.1) is 0 Å². The third-order valence-corrected chi connectivity index (χ3v) is 4.40. The summed E-state index contributed by atoms with van der Waals surface area (Å²) >= 11 is 0. The first kappa shape index (κ1) is 19.0. The standard InChI is InChI=1S/C19H26N2O4/c1-20(2)19(24)21-13-7-6-10-16(21)11-12-18(23)25-14-17(22)15-8-4-3-5-9-15/h3-5,8-9,16H,6-7,10-14H2,1-2H3. The number of urea groups is 1. The lowest BCUT2D eigenvalue weighted by Crippen LogP contribution is -2.48. The Balaban J connectivity index is 1.78. The average molecular weight is 346 g/mol. The molecule has 6 heteroatoms. The van der Waals surface area contributed by atoms with E-state index in [1.54, 1.807) is 43.3 Å². The fraction of sp³-hybridized carbons (Fsp3) is 0.526. The highest BCUT2D eigenvalue weighted by Crippen LogP contribution is 2.22. The molecule has 0 saturated carbocycles. The van der Waals surface area contributed by atoms with E-state index in [0.717, 1.165) is 25.8 Å². The number of nitrogens with zero attached hydrogens (tertiary/aromatic N) is 2. The van der Waals surface area contributed by atoms with Crippen LogP contribution in [0.3, 0.4) is 0 Å². The highest BCUT2D eigenvalue weighted by molar-refractivity contribution is 5.97. The van der Waals surface area contributed by atoms with Gasteiger partial charge < -0.3 is 14.5 Å². The molecule has 6 nitrogen and oxygen atoms in total. The molecule has 1 aromatic rings. The van der Waals surface area contributed by atoms with Crippen LogP contribution in [0.2, 0.25) is 0 Å². The highest BCUT2D eigenvalue weighted by Gasteiger charge is 2.28. The Kier molecular flexibility index (Phi) is 6.98. The first-order chi connectivity index (χ1) is 12.0. The van der Waals surface area contributed by atoms with E-state index in [9.17, 15) is 14.4 Å². The average Bonchev–Trinajstić information content (AvgIpc) is 2.64. The third kappa shape index (κ3) is 5.59. The second kappa shape index (κ2) is 9.20. The summed E-state index contributed by atoms with van der Waals surface area (Å²) in [5, 5.41) is 0. The topological polar surface area (TPSA) is 66.9 Å². The highest BCUT2D eigenvalue weighted by atomic mass is 16.5. The van der Waals surface area contributed by atoms with E-state index in [-0.39, 0.29) is 30.9 Å². The van der Waals surface area contributed by atoms with Crippen LogP contribution in [0.4, 0.5) is 4.79 Å². The molecule has 1 unspecified atom stereocenters. The lowest BCUT2D eigenvalue weighted by Gasteiger charge is -2.37. The minimum absolute atomic E-state index is 0.0164. The first-order valence-corrected chi connectivity index (χ1v) is 8.71. The minimum atomic E-state index is -0.396. The van der Waals surface area contributed by atoms with Gasteiger partial charge in [0, 0.05) is 38.7 Å². The molecule has 0 aromatic heterocycles. The zero-order chi connectivity index (χ0) is 18.2. The molecule has 1 atom stereocenters. The monoisotopic (exact) mass is 346 g/mol. The second-order valence-corrected chi connectivity index (χ2v) is 6.51. The van der Waals surface area contributed by atoms with Crippen molar-refractivity contribution < 1.29 is 19.1 Å². The molecule has 1 fully saturated rings. The smallest absolute Gasteiger partial charge is 0.319 e. The number of hydrogen-bond donors (Lipinski definition) is 0. The Morgan fingerprint density at radius 1 is 1.16 bits per heavy atom. The number of benzene rings is 1. The van der Waals surface area contributed by atoms with Gasteiger partial charge in [0.15, 0.2) is 12.4 Å². The van der Waals surface area contributed by atoms with E-state index < -0.39 is 5.97 Å². The molecule has 136 valence electrons. The maximum atomic E-state index is 12.2. The Morgan fingerprint density at radius 2 is 1.88 bits per heavy atom. The van der Waals surface area contributed by atoms with Crippen molar-refractivity contribution in [2.45, 2.75) is 38.1 Å². The zero-order valence-corrected chi connectivity index (χ0v) is 14.9. The number of ketones is 1. The zero-order valence-electron chi connectivity index (χ0n) is 14.9. The molecule has 1 aliphatic rings. The molecule has 1 aromatic carbocycles. The van der Waals surface area contributed by atoms with Gasteiger partial charge in [-0.1, -0.05) is 30.3 Å². The summed E-state index contributed by atoms with van der Waals surface area (Å²) in [6, 6.07) is 8.81. The molecule has 0 radical (unpaired) electrons. The van der Waals surface area contributed by atoms with Crippen molar-refractivity contribution in [3.63, 3.8) is 0 Å². The number of Topliss-reactive ketones (excluding diaryl/α,β-unsaturated/α-hetero) is 1. The predicted octanol–water partition coefficient (Wildman–Crippen LogP) is 2.73. The van der Waals surface area contributed by atoms with Crippen LogP contribution in [0.15, 0.2) is 30.3 Å². The number of piperidine rings is 1. The largest absolute Gasteiger partial charge is 0.457 e. The summed E-state index contributed by atoms with van der Waals surface area (Å²) in [5.41, 5.74) is 0.533. The summed E-state index contributed by atoms with van der Waals surface area (Å²) < 4.78 is 5.09. The first-order valence-electron chi connectivity index (χ1n) is 8.71. The molecule has 1 saturated heterocycles. The van der Waals surface area contributed by atoms with Crippen molar-refractivity contribution >= 4 is 17.8 Å². The number of likely N-dealkylation sites (tertiary alicyclic amines) is 1. The van der Waals surface area contributed by atoms with E-state index in [2.05, 4.69) is 0 Å². The Hall–Kier alpha value is -2.37. The van der Waals surface area contributed by atoms with Crippen LogP contribution in [0.5, 0.6) is 0 Å². The van der Waals surface area contributed by atoms with Gasteiger partial charge in [-0.3, -0.25) is 9.59 Å². The van der Waals surface area contributed by atoms with Crippen molar-refractivity contribution in [2.75, 3.05) is 27.2 Å². The van der Waals surface area contributed by atoms with Crippen molar-refractivity contribution in [3.8, 4) is 0 Å². The maximum absolute atomic E-state index is 12.2. The van der Waals surface area contributed by atoms with Crippen molar-refractivity contribution in [1.29, 1.82) is 0 Å². The van der Waals surface area contributed by atoms with Gasteiger partial charge in [-0.25, -0.2) is 4.79 Å². The Labute approximate surface area is 148 Å². The SMILES string of the molecule is CN(C)C(=O)N1CCCCC1CCC(=O)OCC(=O)c1ccccc1. The van der Waals surface area contributed by atoms with Crippen molar-refractivity contribution in [3.05, 3.63) is 35.9 Å². The van der Waals surface area contributed by atoms with Crippen LogP contribution < -0.4 is 0 Å². The second-order valence-electron chi connectivity index (χ2n) is 6.51. The number of ether oxygens (including phenoxy) is 1. The van der Waals surface area contributed by atoms with E-state index in [1.807, 2.05) is 11.0 Å². The molecule has 25 heavy (non-hydrogen) atoms. The van der Waals surface area contributed by atoms with Crippen LogP contribution in [-0.2, 0) is 9.53 Å². The number of amides is 2. The maximum Gasteiger partial charge on any atom is 0.319 e. The van der Waals surface area contributed by atoms with E-state index >= 15 is 0 Å². The van der Waals surface area contributed by atoms with Crippen LogP contribution in [0.25, 0.3) is 0 Å². The minimum Gasteiger partial charge on any atom is -0.457 e. The van der Waals surface area contributed by atoms with Gasteiger partial charge in [-0.2, -0.15) is 0 Å². The number of rotatable bonds is 6. The third-order valence-electron chi connectivity index (χ3n) is 4.40. The molecule has 1 heterocycles. The summed E-state index contributed by atoms with van der Waals surface area (Å²) in [5.74, 6) is -0.608. The Bertz CT molecular complexity index is 601. The van der Waals surface area contributed by atoms with E-state index in [4.69, 9.17) is 4.74 Å². The molecule has 0 aliphatic carbocycles. The van der Waals surface area contributed by atoms with Crippen LogP contribution in [0, 0.1) is 0 Å². The molecule has 2 amide bonds. The van der Waals surface area contributed by atoms with E-state index in [0.29, 0.717) is 12.0 Å². The number of esters is 1. The molecule has 0 bridgehead atoms. The lowest BCUT2D eigenvalue weighted by atomic mass is 9.98. The number of carbonyl (C=O) groups excluding carboxylic acids is 3. The summed E-state index contributed by atoms with van der Waals surface area (Å²) in [4.78, 5) is 39.5. The van der Waals surface area contributed by atoms with Crippen molar-refractivity contribution in [1.82, 2.24) is 9.80 Å². The fourth-order valence-corrected chi connectivity index (χ4v) is 3.02. The van der Waals surface area contributed by atoms with Crippen molar-refractivity contribution in [2.24, 2.45) is 0 Å². The molecule has 0 spiro atoms. The molecule has 2 rings (SSSR count). The summed E-state index contributed by atoms with van der Waals surface area (Å²) in [7, 11) is 3.47. The van der Waals surface area contributed by atoms with Gasteiger partial charge in [0.25, 0.3) is 0 Å². The lowest BCUT2D eigenvalue weighted by molar-refractivity contribution is -0.142. The molecular formula is C19H26N2O4. The van der Waals surface area contributed by atoms with Gasteiger partial charge in [-0.05, 0) is 25.7 Å². The molecular weight excluding hydrogens is 320 g/mol. The van der Waals surface area contributed by atoms with Crippen LogP contribution >= 0.6 is 0 Å². The van der Waals surface area contributed by atoms with Gasteiger partial charge in [0.2, 0.25) is 0 Å². The Morgan fingerprint density at radius 3 is 2.56 bits per heavy atom. The van der Waals surface area contributed by atoms with Crippen LogP contribution in [-0.4, -0.2) is 60.9 Å². The summed E-state index contributed by atoms with van der Waals surface area (Å²) in [6.45, 7) is 0.483. The normalized spacial score (nSPS) is 17.0. The summed E-state index contributed by atoms with van der Waals surface area (Å²) in [6.07, 6.45) is 3.73. The van der Waals surface area contributed by atoms with Gasteiger partial charge >= 0.3 is 12.0 Å². The van der Waals surface area contributed by atoms with Gasteiger partial charge in [0.05, 0.1) is 0 Å². The fourth-order valence-electron chi connectivity index (χ4n) is 3.02. The van der Waals surface area contributed by atoms with Crippen LogP contribution in [0.1, 0.15) is 42.5 Å².